The van der Waals surface area contributed by atoms with Crippen molar-refractivity contribution < 1.29 is 34.3 Å². The van der Waals surface area contributed by atoms with E-state index >= 15 is 0 Å². The van der Waals surface area contributed by atoms with Gasteiger partial charge in [-0.15, -0.1) is 0 Å². The average Bonchev–Trinajstić information content (AvgIpc) is 3.50. The van der Waals surface area contributed by atoms with Crippen LogP contribution in [0.5, 0.6) is 5.75 Å². The Labute approximate surface area is 225 Å². The number of hydrogen-bond acceptors (Lipinski definition) is 8. The summed E-state index contributed by atoms with van der Waals surface area (Å²) in [6.07, 6.45) is 3.43. The summed E-state index contributed by atoms with van der Waals surface area (Å²) in [6.45, 7) is 10.5. The van der Waals surface area contributed by atoms with Crippen LogP contribution in [0.1, 0.15) is 68.4 Å². The molecule has 0 bridgehead atoms. The van der Waals surface area contributed by atoms with Crippen LogP contribution in [-0.4, -0.2) is 83.1 Å². The number of benzene rings is 1. The first-order valence-electron chi connectivity index (χ1n) is 13.8. The summed E-state index contributed by atoms with van der Waals surface area (Å²) in [5, 5.41) is 30.5. The molecule has 3 aliphatic heterocycles. The molecule has 0 saturated carbocycles. The maximum atomic E-state index is 13.3. The van der Waals surface area contributed by atoms with Crippen LogP contribution >= 0.6 is 0 Å². The Bertz CT molecular complexity index is 1000. The highest BCUT2D eigenvalue weighted by atomic mass is 16.7. The van der Waals surface area contributed by atoms with E-state index in [1.165, 1.54) is 12.8 Å². The summed E-state index contributed by atoms with van der Waals surface area (Å²) in [4.78, 5) is 15.8. The fourth-order valence-electron chi connectivity index (χ4n) is 5.60. The second kappa shape index (κ2) is 12.7. The van der Waals surface area contributed by atoms with Crippen LogP contribution < -0.4 is 4.74 Å². The number of nitrogens with zero attached hydrogens (tertiary/aromatic N) is 1. The lowest BCUT2D eigenvalue weighted by Gasteiger charge is -2.35. The first-order valence-corrected chi connectivity index (χ1v) is 13.8. The number of hydrogen-bond donors (Lipinski definition) is 3. The van der Waals surface area contributed by atoms with Crippen molar-refractivity contribution in [2.75, 3.05) is 26.3 Å². The molecule has 3 aliphatic rings. The van der Waals surface area contributed by atoms with Crippen LogP contribution in [0.4, 0.5) is 0 Å². The van der Waals surface area contributed by atoms with Gasteiger partial charge in [0.05, 0.1) is 18.8 Å². The number of carbonyl (C=O) groups excluding carboxylic acids is 1. The standard InChI is InChI=1S/C30H43NO7/c1-18(2)7-9-20-14-23(29(35)36-16-22-11-13-31-12-5-6-24(22)31)15-21(10-8-19(3)4)28(20)38-30-27(34)26(33)25(32)17-37-30/h7-8,14-15,22,24-27,30,32-34H,5-6,9-13,16-17H2,1-4H3/t22-,24?,25+,26+,27-,30+/m1/s1. The van der Waals surface area contributed by atoms with Gasteiger partial charge in [0.15, 0.2) is 0 Å². The molecule has 8 heteroatoms. The van der Waals surface area contributed by atoms with Gasteiger partial charge < -0.3 is 29.5 Å². The van der Waals surface area contributed by atoms with Crippen molar-refractivity contribution in [3.63, 3.8) is 0 Å². The van der Waals surface area contributed by atoms with Crippen molar-refractivity contribution in [2.45, 2.75) is 90.4 Å². The summed E-state index contributed by atoms with van der Waals surface area (Å²) < 4.78 is 17.6. The van der Waals surface area contributed by atoms with E-state index in [1.54, 1.807) is 12.1 Å². The summed E-state index contributed by atoms with van der Waals surface area (Å²) in [5.74, 6) is 0.532. The van der Waals surface area contributed by atoms with Gasteiger partial charge in [-0.05, 0) is 96.1 Å². The third-order valence-corrected chi connectivity index (χ3v) is 7.80. The molecule has 0 aromatic heterocycles. The largest absolute Gasteiger partial charge is 0.462 e. The molecule has 210 valence electrons. The Kier molecular flexibility index (Phi) is 9.65. The van der Waals surface area contributed by atoms with Crippen molar-refractivity contribution in [3.05, 3.63) is 52.1 Å². The SMILES string of the molecule is CC(C)=CCc1cc(C(=O)OC[C@H]2CCN3CCCC23)cc(CC=C(C)C)c1O[C@@H]1OC[C@H](O)[C@H](O)[C@H]1O. The van der Waals surface area contributed by atoms with Crippen LogP contribution in [0.2, 0.25) is 0 Å². The summed E-state index contributed by atoms with van der Waals surface area (Å²) in [6, 6.07) is 4.11. The monoisotopic (exact) mass is 529 g/mol. The van der Waals surface area contributed by atoms with Gasteiger partial charge in [-0.25, -0.2) is 4.79 Å². The first-order chi connectivity index (χ1) is 18.1. The van der Waals surface area contributed by atoms with E-state index < -0.39 is 24.6 Å². The molecule has 38 heavy (non-hydrogen) atoms. The molecule has 8 nitrogen and oxygen atoms in total. The van der Waals surface area contributed by atoms with E-state index in [9.17, 15) is 20.1 Å². The highest BCUT2D eigenvalue weighted by Gasteiger charge is 2.40. The molecule has 3 fully saturated rings. The Morgan fingerprint density at radius 3 is 2.29 bits per heavy atom. The van der Waals surface area contributed by atoms with E-state index in [-0.39, 0.29) is 12.6 Å². The molecule has 4 rings (SSSR count). The zero-order chi connectivity index (χ0) is 27.4. The minimum Gasteiger partial charge on any atom is -0.462 e. The topological polar surface area (TPSA) is 109 Å². The summed E-state index contributed by atoms with van der Waals surface area (Å²) in [5.41, 5.74) is 4.22. The minimum atomic E-state index is -1.42. The van der Waals surface area contributed by atoms with E-state index in [4.69, 9.17) is 14.2 Å². The quantitative estimate of drug-likeness (QED) is 0.331. The molecule has 0 amide bonds. The Morgan fingerprint density at radius 1 is 1.00 bits per heavy atom. The van der Waals surface area contributed by atoms with Crippen LogP contribution in [-0.2, 0) is 22.3 Å². The van der Waals surface area contributed by atoms with E-state index in [2.05, 4.69) is 4.90 Å². The fourth-order valence-corrected chi connectivity index (χ4v) is 5.60. The summed E-state index contributed by atoms with van der Waals surface area (Å²) in [7, 11) is 0. The van der Waals surface area contributed by atoms with E-state index in [0.29, 0.717) is 42.7 Å². The molecule has 6 atom stereocenters. The van der Waals surface area contributed by atoms with Gasteiger partial charge in [-0.3, -0.25) is 4.90 Å². The van der Waals surface area contributed by atoms with Crippen molar-refractivity contribution in [3.8, 4) is 5.75 Å². The lowest BCUT2D eigenvalue weighted by Crippen LogP contribution is -2.54. The Morgan fingerprint density at radius 2 is 1.66 bits per heavy atom. The molecule has 0 radical (unpaired) electrons. The first kappa shape index (κ1) is 28.8. The lowest BCUT2D eigenvalue weighted by molar-refractivity contribution is -0.242. The van der Waals surface area contributed by atoms with Crippen LogP contribution in [0, 0.1) is 5.92 Å². The number of fused-ring (bicyclic) bond motifs is 1. The van der Waals surface area contributed by atoms with Gasteiger partial charge in [0.2, 0.25) is 6.29 Å². The molecular weight excluding hydrogens is 486 g/mol. The number of esters is 1. The van der Waals surface area contributed by atoms with Gasteiger partial charge in [0.25, 0.3) is 0 Å². The maximum absolute atomic E-state index is 13.3. The van der Waals surface area contributed by atoms with Crippen LogP contribution in [0.15, 0.2) is 35.4 Å². The molecule has 0 spiro atoms. The van der Waals surface area contributed by atoms with E-state index in [0.717, 1.165) is 41.8 Å². The van der Waals surface area contributed by atoms with Gasteiger partial charge in [-0.1, -0.05) is 23.3 Å². The molecule has 1 aromatic carbocycles. The molecular formula is C30H43NO7. The second-order valence-electron chi connectivity index (χ2n) is 11.4. The van der Waals surface area contributed by atoms with Gasteiger partial charge in [-0.2, -0.15) is 0 Å². The van der Waals surface area contributed by atoms with E-state index in [1.807, 2.05) is 39.8 Å². The van der Waals surface area contributed by atoms with Crippen LogP contribution in [0.3, 0.4) is 0 Å². The smallest absolute Gasteiger partial charge is 0.338 e. The molecule has 3 heterocycles. The van der Waals surface area contributed by atoms with Gasteiger partial charge >= 0.3 is 5.97 Å². The highest BCUT2D eigenvalue weighted by molar-refractivity contribution is 5.90. The predicted octanol–water partition coefficient (Wildman–Crippen LogP) is 3.16. The third kappa shape index (κ3) is 6.85. The number of ether oxygens (including phenoxy) is 3. The van der Waals surface area contributed by atoms with Crippen molar-refractivity contribution in [2.24, 2.45) is 5.92 Å². The second-order valence-corrected chi connectivity index (χ2v) is 11.4. The zero-order valence-corrected chi connectivity index (χ0v) is 23.1. The zero-order valence-electron chi connectivity index (χ0n) is 23.1. The Hall–Kier alpha value is -2.23. The molecule has 1 aromatic rings. The maximum Gasteiger partial charge on any atom is 0.338 e. The summed E-state index contributed by atoms with van der Waals surface area (Å²) >= 11 is 0. The lowest BCUT2D eigenvalue weighted by atomic mass is 9.97. The van der Waals surface area contributed by atoms with Gasteiger partial charge in [0.1, 0.15) is 24.1 Å². The van der Waals surface area contributed by atoms with Gasteiger partial charge in [0, 0.05) is 12.0 Å². The fraction of sp³-hybridized carbons (Fsp3) is 0.633. The molecule has 3 saturated heterocycles. The molecule has 1 unspecified atom stereocenters. The third-order valence-electron chi connectivity index (χ3n) is 7.80. The van der Waals surface area contributed by atoms with Crippen molar-refractivity contribution >= 4 is 5.97 Å². The predicted molar refractivity (Wildman–Crippen MR) is 144 cm³/mol. The van der Waals surface area contributed by atoms with Crippen molar-refractivity contribution in [1.29, 1.82) is 0 Å². The molecule has 3 N–H and O–H groups in total. The normalized spacial score (nSPS) is 29.0. The number of aliphatic hydroxyl groups is 3. The number of carbonyl (C=O) groups is 1. The van der Waals surface area contributed by atoms with Crippen molar-refractivity contribution in [1.82, 2.24) is 4.90 Å². The van der Waals surface area contributed by atoms with Crippen LogP contribution in [0.25, 0.3) is 0 Å². The number of allylic oxidation sites excluding steroid dienone is 4. The number of rotatable bonds is 9. The number of aliphatic hydroxyl groups excluding tert-OH is 3. The minimum absolute atomic E-state index is 0.153. The molecule has 0 aliphatic carbocycles. The highest BCUT2D eigenvalue weighted by Crippen LogP contribution is 2.34. The Balaban J connectivity index is 1.61. The average molecular weight is 530 g/mol.